The second-order valence-corrected chi connectivity index (χ2v) is 6.02. The molecule has 0 bridgehead atoms. The third kappa shape index (κ3) is 4.20. The Kier molecular flexibility index (Phi) is 5.96. The molecule has 1 saturated heterocycles. The lowest BCUT2D eigenvalue weighted by Crippen LogP contribution is -2.43. The van der Waals surface area contributed by atoms with E-state index in [1.807, 2.05) is 55.5 Å². The van der Waals surface area contributed by atoms with Crippen LogP contribution in [0.25, 0.3) is 0 Å². The van der Waals surface area contributed by atoms with E-state index < -0.39 is 0 Å². The van der Waals surface area contributed by atoms with E-state index in [9.17, 15) is 0 Å². The molecule has 0 spiro atoms. The number of ether oxygens (including phenoxy) is 3. The molecule has 2 unspecified atom stereocenters. The summed E-state index contributed by atoms with van der Waals surface area (Å²) in [5.41, 5.74) is 0.988. The van der Waals surface area contributed by atoms with Gasteiger partial charge in [-0.15, -0.1) is 0 Å². The van der Waals surface area contributed by atoms with Gasteiger partial charge in [-0.3, -0.25) is 0 Å². The molecular formula is C19H22ClNO3. The predicted molar refractivity (Wildman–Crippen MR) is 95.0 cm³/mol. The summed E-state index contributed by atoms with van der Waals surface area (Å²) in [6, 6.07) is 15.4. The molecule has 0 radical (unpaired) electrons. The van der Waals surface area contributed by atoms with E-state index >= 15 is 0 Å². The van der Waals surface area contributed by atoms with Gasteiger partial charge in [0.2, 0.25) is 0 Å². The van der Waals surface area contributed by atoms with Crippen LogP contribution in [0.1, 0.15) is 18.6 Å². The molecule has 0 aromatic heterocycles. The zero-order chi connectivity index (χ0) is 16.8. The first kappa shape index (κ1) is 17.1. The van der Waals surface area contributed by atoms with Crippen molar-refractivity contribution in [1.82, 2.24) is 5.32 Å². The number of morpholine rings is 1. The second kappa shape index (κ2) is 8.38. The van der Waals surface area contributed by atoms with E-state index in [-0.39, 0.29) is 12.2 Å². The van der Waals surface area contributed by atoms with Crippen molar-refractivity contribution in [3.8, 4) is 11.5 Å². The topological polar surface area (TPSA) is 39.7 Å². The minimum absolute atomic E-state index is 0.0908. The van der Waals surface area contributed by atoms with E-state index in [1.54, 1.807) is 0 Å². The highest BCUT2D eigenvalue weighted by Gasteiger charge is 2.29. The largest absolute Gasteiger partial charge is 0.490 e. The van der Waals surface area contributed by atoms with Gasteiger partial charge in [0.15, 0.2) is 17.6 Å². The molecule has 1 N–H and O–H groups in total. The maximum Gasteiger partial charge on any atom is 0.162 e. The van der Waals surface area contributed by atoms with E-state index in [4.69, 9.17) is 25.8 Å². The molecule has 2 aromatic rings. The molecule has 128 valence electrons. The molecule has 1 heterocycles. The fourth-order valence-corrected chi connectivity index (χ4v) is 2.98. The molecule has 24 heavy (non-hydrogen) atoms. The Morgan fingerprint density at radius 2 is 2.04 bits per heavy atom. The fourth-order valence-electron chi connectivity index (χ4n) is 2.78. The average Bonchev–Trinajstić information content (AvgIpc) is 2.62. The molecule has 0 saturated carbocycles. The van der Waals surface area contributed by atoms with Crippen molar-refractivity contribution in [2.24, 2.45) is 0 Å². The standard InChI is InChI=1S/C19H22ClNO3/c1-2-22-16-8-3-4-9-17(16)24-19(18-13-21-10-11-23-18)14-6-5-7-15(20)12-14/h3-9,12,18-19,21H,2,10-11,13H2,1H3. The number of nitrogens with one attached hydrogen (secondary N) is 1. The summed E-state index contributed by atoms with van der Waals surface area (Å²) < 4.78 is 17.9. The van der Waals surface area contributed by atoms with Crippen LogP contribution in [-0.4, -0.2) is 32.4 Å². The molecule has 1 fully saturated rings. The number of halogens is 1. The highest BCUT2D eigenvalue weighted by Crippen LogP contribution is 2.34. The lowest BCUT2D eigenvalue weighted by Gasteiger charge is -2.32. The van der Waals surface area contributed by atoms with Gasteiger partial charge in [-0.2, -0.15) is 0 Å². The van der Waals surface area contributed by atoms with E-state index in [0.29, 0.717) is 24.0 Å². The molecule has 2 atom stereocenters. The summed E-state index contributed by atoms with van der Waals surface area (Å²) >= 11 is 6.18. The number of benzene rings is 2. The van der Waals surface area contributed by atoms with E-state index in [2.05, 4.69) is 5.32 Å². The van der Waals surface area contributed by atoms with Crippen LogP contribution >= 0.6 is 11.6 Å². The van der Waals surface area contributed by atoms with E-state index in [0.717, 1.165) is 24.4 Å². The van der Waals surface area contributed by atoms with Gasteiger partial charge < -0.3 is 19.5 Å². The first-order valence-electron chi connectivity index (χ1n) is 8.24. The van der Waals surface area contributed by atoms with Crippen molar-refractivity contribution in [1.29, 1.82) is 0 Å². The molecule has 1 aliphatic heterocycles. The van der Waals surface area contributed by atoms with Crippen molar-refractivity contribution in [3.05, 3.63) is 59.1 Å². The quantitative estimate of drug-likeness (QED) is 0.861. The van der Waals surface area contributed by atoms with Gasteiger partial charge >= 0.3 is 0 Å². The molecule has 0 aliphatic carbocycles. The highest BCUT2D eigenvalue weighted by molar-refractivity contribution is 6.30. The van der Waals surface area contributed by atoms with Crippen LogP contribution < -0.4 is 14.8 Å². The van der Waals surface area contributed by atoms with Crippen molar-refractivity contribution in [2.45, 2.75) is 19.1 Å². The van der Waals surface area contributed by atoms with Crippen LogP contribution in [0.2, 0.25) is 5.02 Å². The average molecular weight is 348 g/mol. The second-order valence-electron chi connectivity index (χ2n) is 5.59. The lowest BCUT2D eigenvalue weighted by molar-refractivity contribution is -0.0439. The van der Waals surface area contributed by atoms with Crippen LogP contribution in [0.4, 0.5) is 0 Å². The van der Waals surface area contributed by atoms with Crippen molar-refractivity contribution in [2.75, 3.05) is 26.3 Å². The SMILES string of the molecule is CCOc1ccccc1OC(c1cccc(Cl)c1)C1CNCCO1. The van der Waals surface area contributed by atoms with Gasteiger partial charge in [0, 0.05) is 18.1 Å². The van der Waals surface area contributed by atoms with Gasteiger partial charge in [-0.05, 0) is 36.8 Å². The lowest BCUT2D eigenvalue weighted by atomic mass is 10.0. The number of para-hydroxylation sites is 2. The summed E-state index contributed by atoms with van der Waals surface area (Å²) in [6.45, 7) is 4.80. The molecular weight excluding hydrogens is 326 g/mol. The van der Waals surface area contributed by atoms with Crippen molar-refractivity contribution in [3.63, 3.8) is 0 Å². The highest BCUT2D eigenvalue weighted by atomic mass is 35.5. The molecule has 1 aliphatic rings. The Hall–Kier alpha value is -1.75. The van der Waals surface area contributed by atoms with Crippen LogP contribution in [-0.2, 0) is 4.74 Å². The molecule has 0 amide bonds. The molecule has 4 nitrogen and oxygen atoms in total. The third-order valence-corrected chi connectivity index (χ3v) is 4.11. The predicted octanol–water partition coefficient (Wildman–Crippen LogP) is 3.85. The van der Waals surface area contributed by atoms with Gasteiger partial charge in [-0.25, -0.2) is 0 Å². The summed E-state index contributed by atoms with van der Waals surface area (Å²) in [4.78, 5) is 0. The smallest absolute Gasteiger partial charge is 0.162 e. The third-order valence-electron chi connectivity index (χ3n) is 3.87. The number of hydrogen-bond acceptors (Lipinski definition) is 4. The van der Waals surface area contributed by atoms with Crippen LogP contribution in [0.3, 0.4) is 0 Å². The number of hydrogen-bond donors (Lipinski definition) is 1. The maximum atomic E-state index is 6.33. The van der Waals surface area contributed by atoms with Crippen LogP contribution in [0.15, 0.2) is 48.5 Å². The minimum atomic E-state index is -0.266. The van der Waals surface area contributed by atoms with Gasteiger partial charge in [0.05, 0.1) is 13.2 Å². The van der Waals surface area contributed by atoms with Crippen molar-refractivity contribution < 1.29 is 14.2 Å². The fraction of sp³-hybridized carbons (Fsp3) is 0.368. The summed E-state index contributed by atoms with van der Waals surface area (Å²) in [5.74, 6) is 1.44. The summed E-state index contributed by atoms with van der Waals surface area (Å²) in [7, 11) is 0. The van der Waals surface area contributed by atoms with Gasteiger partial charge in [-0.1, -0.05) is 35.9 Å². The summed E-state index contributed by atoms with van der Waals surface area (Å²) in [5, 5.41) is 4.04. The monoisotopic (exact) mass is 347 g/mol. The molecule has 3 rings (SSSR count). The normalized spacial score (nSPS) is 18.8. The Morgan fingerprint density at radius 1 is 1.21 bits per heavy atom. The zero-order valence-corrected chi connectivity index (χ0v) is 14.5. The first-order valence-corrected chi connectivity index (χ1v) is 8.62. The van der Waals surface area contributed by atoms with Gasteiger partial charge in [0.25, 0.3) is 0 Å². The zero-order valence-electron chi connectivity index (χ0n) is 13.7. The maximum absolute atomic E-state index is 6.33. The first-order chi connectivity index (χ1) is 11.8. The summed E-state index contributed by atoms with van der Waals surface area (Å²) in [6.07, 6.45) is -0.356. The van der Waals surface area contributed by atoms with Gasteiger partial charge in [0.1, 0.15) is 6.10 Å². The molecule has 2 aromatic carbocycles. The van der Waals surface area contributed by atoms with E-state index in [1.165, 1.54) is 0 Å². The Labute approximate surface area is 147 Å². The minimum Gasteiger partial charge on any atom is -0.490 e. The number of rotatable bonds is 6. The Bertz CT molecular complexity index is 659. The molecule has 5 heteroatoms. The van der Waals surface area contributed by atoms with Crippen LogP contribution in [0.5, 0.6) is 11.5 Å². The van der Waals surface area contributed by atoms with Crippen LogP contribution in [0, 0.1) is 0 Å². The Balaban J connectivity index is 1.90. The van der Waals surface area contributed by atoms with Crippen molar-refractivity contribution >= 4 is 11.6 Å². The Morgan fingerprint density at radius 3 is 2.75 bits per heavy atom.